The number of hydrogen-bond donors (Lipinski definition) is 0. The van der Waals surface area contributed by atoms with Gasteiger partial charge >= 0.3 is 0 Å². The molecule has 0 amide bonds. The van der Waals surface area contributed by atoms with Crippen LogP contribution >= 0.6 is 0 Å². The Morgan fingerprint density at radius 1 is 1.32 bits per heavy atom. The first-order chi connectivity index (χ1) is 8.80. The minimum absolute atomic E-state index is 0.0612. The number of methoxy groups -OCH3 is 1. The minimum atomic E-state index is -0.419. The molecule has 0 aromatic heterocycles. The van der Waals surface area contributed by atoms with Crippen LogP contribution in [0.25, 0.3) is 0 Å². The Labute approximate surface area is 119 Å². The van der Waals surface area contributed by atoms with E-state index in [1.165, 1.54) is 0 Å². The SMILES string of the molecule is C=C[C@]1(OC)[C@H](C(C)C)O[C@H](CC(C)C)[C@H]1N(C)C. The van der Waals surface area contributed by atoms with Gasteiger partial charge in [-0.05, 0) is 32.4 Å². The van der Waals surface area contributed by atoms with Gasteiger partial charge in [0.2, 0.25) is 0 Å². The zero-order chi connectivity index (χ0) is 14.8. The Balaban J connectivity index is 3.16. The molecule has 0 aromatic rings. The minimum Gasteiger partial charge on any atom is -0.370 e. The highest BCUT2D eigenvalue weighted by Gasteiger charge is 2.56. The summed E-state index contributed by atoms with van der Waals surface area (Å²) in [6.45, 7) is 12.9. The summed E-state index contributed by atoms with van der Waals surface area (Å²) in [5, 5.41) is 0. The van der Waals surface area contributed by atoms with Gasteiger partial charge < -0.3 is 14.4 Å². The maximum atomic E-state index is 6.37. The van der Waals surface area contributed by atoms with E-state index in [1.807, 2.05) is 6.08 Å². The predicted octanol–water partition coefficient (Wildman–Crippen LogP) is 2.96. The number of hydrogen-bond acceptors (Lipinski definition) is 3. The fourth-order valence-corrected chi connectivity index (χ4v) is 3.45. The summed E-state index contributed by atoms with van der Waals surface area (Å²) in [6.07, 6.45) is 3.25. The molecular formula is C16H31NO2. The van der Waals surface area contributed by atoms with Crippen LogP contribution < -0.4 is 0 Å². The molecule has 19 heavy (non-hydrogen) atoms. The third-order valence-corrected chi connectivity index (χ3v) is 4.12. The second-order valence-corrected chi connectivity index (χ2v) is 6.64. The maximum Gasteiger partial charge on any atom is 0.130 e. The van der Waals surface area contributed by atoms with E-state index in [0.29, 0.717) is 11.8 Å². The molecule has 3 nitrogen and oxygen atoms in total. The fourth-order valence-electron chi connectivity index (χ4n) is 3.45. The number of likely N-dealkylation sites (N-methyl/N-ethyl adjacent to an activating group) is 1. The molecule has 1 saturated heterocycles. The van der Waals surface area contributed by atoms with E-state index < -0.39 is 5.60 Å². The predicted molar refractivity (Wildman–Crippen MR) is 80.4 cm³/mol. The molecule has 0 bridgehead atoms. The molecule has 1 heterocycles. The van der Waals surface area contributed by atoms with Crippen molar-refractivity contribution in [3.8, 4) is 0 Å². The van der Waals surface area contributed by atoms with Gasteiger partial charge in [0.05, 0.1) is 18.2 Å². The van der Waals surface area contributed by atoms with Crippen LogP contribution in [0.5, 0.6) is 0 Å². The molecule has 4 atom stereocenters. The molecule has 0 unspecified atom stereocenters. The first kappa shape index (κ1) is 16.7. The van der Waals surface area contributed by atoms with Crippen molar-refractivity contribution in [2.45, 2.75) is 58.0 Å². The summed E-state index contributed by atoms with van der Waals surface area (Å²) in [6, 6.07) is 0.213. The standard InChI is InChI=1S/C16H31NO2/c1-9-16(18-8)14(17(6)7)13(10-11(2)3)19-15(16)12(4)5/h9,11-15H,1,10H2,2-8H3/t13-,14-,15+,16-/m1/s1. The van der Waals surface area contributed by atoms with Crippen LogP contribution in [-0.2, 0) is 9.47 Å². The molecule has 1 fully saturated rings. The van der Waals surface area contributed by atoms with Gasteiger partial charge in [0.1, 0.15) is 5.60 Å². The molecule has 1 aliphatic heterocycles. The lowest BCUT2D eigenvalue weighted by atomic mass is 9.81. The first-order valence-electron chi connectivity index (χ1n) is 7.30. The molecule has 0 N–H and O–H groups in total. The summed E-state index contributed by atoms with van der Waals surface area (Å²) in [5.41, 5.74) is -0.419. The Morgan fingerprint density at radius 3 is 2.21 bits per heavy atom. The van der Waals surface area contributed by atoms with E-state index in [2.05, 4.69) is 53.3 Å². The second kappa shape index (κ2) is 6.38. The van der Waals surface area contributed by atoms with E-state index in [4.69, 9.17) is 9.47 Å². The van der Waals surface area contributed by atoms with Crippen molar-refractivity contribution < 1.29 is 9.47 Å². The normalized spacial score (nSPS) is 35.6. The Hall–Kier alpha value is -0.380. The summed E-state index contributed by atoms with van der Waals surface area (Å²) in [5.74, 6) is 1.01. The molecule has 0 saturated carbocycles. The quantitative estimate of drug-likeness (QED) is 0.692. The molecule has 0 aromatic carbocycles. The van der Waals surface area contributed by atoms with Crippen molar-refractivity contribution in [2.75, 3.05) is 21.2 Å². The lowest BCUT2D eigenvalue weighted by molar-refractivity contribution is -0.0742. The summed E-state index contributed by atoms with van der Waals surface area (Å²) >= 11 is 0. The zero-order valence-electron chi connectivity index (χ0n) is 13.6. The summed E-state index contributed by atoms with van der Waals surface area (Å²) in [4.78, 5) is 2.22. The molecule has 0 spiro atoms. The molecular weight excluding hydrogens is 238 g/mol. The average molecular weight is 269 g/mol. The Kier molecular flexibility index (Phi) is 5.60. The van der Waals surface area contributed by atoms with Crippen LogP contribution in [0.2, 0.25) is 0 Å². The van der Waals surface area contributed by atoms with Crippen LogP contribution in [0.1, 0.15) is 34.1 Å². The van der Waals surface area contributed by atoms with Crippen molar-refractivity contribution >= 4 is 0 Å². The van der Waals surface area contributed by atoms with Crippen LogP contribution in [0.3, 0.4) is 0 Å². The van der Waals surface area contributed by atoms with Gasteiger partial charge in [-0.2, -0.15) is 0 Å². The zero-order valence-corrected chi connectivity index (χ0v) is 13.6. The lowest BCUT2D eigenvalue weighted by Gasteiger charge is -2.39. The van der Waals surface area contributed by atoms with Crippen molar-refractivity contribution in [1.82, 2.24) is 4.90 Å². The van der Waals surface area contributed by atoms with Crippen LogP contribution in [0.4, 0.5) is 0 Å². The highest BCUT2D eigenvalue weighted by Crippen LogP contribution is 2.42. The van der Waals surface area contributed by atoms with Gasteiger partial charge in [-0.1, -0.05) is 33.8 Å². The first-order valence-corrected chi connectivity index (χ1v) is 7.30. The maximum absolute atomic E-state index is 6.37. The van der Waals surface area contributed by atoms with E-state index in [-0.39, 0.29) is 18.2 Å². The second-order valence-electron chi connectivity index (χ2n) is 6.64. The third-order valence-electron chi connectivity index (χ3n) is 4.12. The van der Waals surface area contributed by atoms with Gasteiger partial charge in [0.15, 0.2) is 0 Å². The molecule has 1 rings (SSSR count). The van der Waals surface area contributed by atoms with Crippen LogP contribution in [0, 0.1) is 11.8 Å². The Morgan fingerprint density at radius 2 is 1.89 bits per heavy atom. The van der Waals surface area contributed by atoms with Crippen molar-refractivity contribution in [3.63, 3.8) is 0 Å². The largest absolute Gasteiger partial charge is 0.370 e. The third kappa shape index (κ3) is 3.04. The lowest BCUT2D eigenvalue weighted by Crippen LogP contribution is -2.55. The molecule has 0 aliphatic carbocycles. The highest BCUT2D eigenvalue weighted by atomic mass is 16.6. The fraction of sp³-hybridized carbons (Fsp3) is 0.875. The highest BCUT2D eigenvalue weighted by molar-refractivity contribution is 5.17. The average Bonchev–Trinajstić information content (AvgIpc) is 2.63. The van der Waals surface area contributed by atoms with Crippen molar-refractivity contribution in [2.24, 2.45) is 11.8 Å². The van der Waals surface area contributed by atoms with E-state index in [1.54, 1.807) is 7.11 Å². The Bertz CT molecular complexity index is 301. The van der Waals surface area contributed by atoms with Gasteiger partial charge in [-0.15, -0.1) is 6.58 Å². The van der Waals surface area contributed by atoms with Gasteiger partial charge in [-0.25, -0.2) is 0 Å². The van der Waals surface area contributed by atoms with Crippen LogP contribution in [0.15, 0.2) is 12.7 Å². The molecule has 3 heteroatoms. The van der Waals surface area contributed by atoms with E-state index in [9.17, 15) is 0 Å². The number of nitrogens with zero attached hydrogens (tertiary/aromatic N) is 1. The van der Waals surface area contributed by atoms with Gasteiger partial charge in [-0.3, -0.25) is 0 Å². The smallest absolute Gasteiger partial charge is 0.130 e. The number of ether oxygens (including phenoxy) is 2. The summed E-state index contributed by atoms with van der Waals surface area (Å²) in [7, 11) is 5.97. The van der Waals surface area contributed by atoms with Crippen molar-refractivity contribution in [3.05, 3.63) is 12.7 Å². The van der Waals surface area contributed by atoms with Gasteiger partial charge in [0, 0.05) is 7.11 Å². The topological polar surface area (TPSA) is 21.7 Å². The van der Waals surface area contributed by atoms with Gasteiger partial charge in [0.25, 0.3) is 0 Å². The van der Waals surface area contributed by atoms with Crippen molar-refractivity contribution in [1.29, 1.82) is 0 Å². The van der Waals surface area contributed by atoms with Crippen LogP contribution in [-0.4, -0.2) is 50.0 Å². The molecule has 0 radical (unpaired) electrons. The van der Waals surface area contributed by atoms with E-state index >= 15 is 0 Å². The number of rotatable bonds is 6. The summed E-state index contributed by atoms with van der Waals surface area (Å²) < 4.78 is 12.3. The van der Waals surface area contributed by atoms with E-state index in [0.717, 1.165) is 6.42 Å². The monoisotopic (exact) mass is 269 g/mol. The molecule has 1 aliphatic rings. The molecule has 112 valence electrons.